The van der Waals surface area contributed by atoms with E-state index >= 15 is 0 Å². The van der Waals surface area contributed by atoms with E-state index in [9.17, 15) is 0 Å². The van der Waals surface area contributed by atoms with E-state index in [1.54, 1.807) is 0 Å². The number of nitrogens with zero attached hydrogens (tertiary/aromatic N) is 2. The Morgan fingerprint density at radius 2 is 2.05 bits per heavy atom. The van der Waals surface area contributed by atoms with E-state index in [0.717, 1.165) is 18.6 Å². The number of aryl methyl sites for hydroxylation is 2. The molecule has 1 N–H and O–H groups in total. The van der Waals surface area contributed by atoms with Gasteiger partial charge in [0.1, 0.15) is 5.65 Å². The second-order valence-corrected chi connectivity index (χ2v) is 5.88. The summed E-state index contributed by atoms with van der Waals surface area (Å²) in [4.78, 5) is 4.83. The smallest absolute Gasteiger partial charge is 0.140 e. The lowest BCUT2D eigenvalue weighted by atomic mass is 10.0. The quantitative estimate of drug-likeness (QED) is 0.896. The molecule has 0 aromatic carbocycles. The molecular formula is C16H23N3. The van der Waals surface area contributed by atoms with Crippen LogP contribution >= 0.6 is 0 Å². The van der Waals surface area contributed by atoms with E-state index in [1.165, 1.54) is 41.6 Å². The number of rotatable bonds is 2. The molecule has 1 aliphatic heterocycles. The van der Waals surface area contributed by atoms with Crippen molar-refractivity contribution in [2.75, 3.05) is 6.54 Å². The Hall–Kier alpha value is -1.35. The number of piperidine rings is 1. The van der Waals surface area contributed by atoms with Crippen LogP contribution in [0.5, 0.6) is 0 Å². The Kier molecular flexibility index (Phi) is 3.31. The number of aromatic nitrogens is 2. The van der Waals surface area contributed by atoms with Gasteiger partial charge in [-0.25, -0.2) is 4.98 Å². The summed E-state index contributed by atoms with van der Waals surface area (Å²) in [5.74, 6) is 0. The fourth-order valence-electron chi connectivity index (χ4n) is 3.04. The van der Waals surface area contributed by atoms with Gasteiger partial charge in [-0.05, 0) is 56.8 Å². The summed E-state index contributed by atoms with van der Waals surface area (Å²) in [6.45, 7) is 7.69. The third-order valence-electron chi connectivity index (χ3n) is 4.47. The van der Waals surface area contributed by atoms with Crippen LogP contribution in [-0.4, -0.2) is 22.0 Å². The third kappa shape index (κ3) is 2.39. The van der Waals surface area contributed by atoms with E-state index in [2.05, 4.69) is 42.9 Å². The van der Waals surface area contributed by atoms with E-state index in [-0.39, 0.29) is 0 Å². The van der Waals surface area contributed by atoms with Crippen LogP contribution in [0.3, 0.4) is 0 Å². The molecule has 1 aliphatic rings. The monoisotopic (exact) mass is 257 g/mol. The van der Waals surface area contributed by atoms with Crippen LogP contribution in [0.2, 0.25) is 0 Å². The maximum absolute atomic E-state index is 4.83. The minimum absolute atomic E-state index is 0.612. The maximum Gasteiger partial charge on any atom is 0.140 e. The molecule has 102 valence electrons. The summed E-state index contributed by atoms with van der Waals surface area (Å²) in [7, 11) is 0. The molecule has 0 spiro atoms. The highest BCUT2D eigenvalue weighted by Gasteiger charge is 2.15. The van der Waals surface area contributed by atoms with Crippen molar-refractivity contribution >= 4 is 5.65 Å². The topological polar surface area (TPSA) is 29.3 Å². The van der Waals surface area contributed by atoms with Crippen molar-refractivity contribution in [2.45, 2.75) is 52.5 Å². The zero-order chi connectivity index (χ0) is 13.4. The molecule has 3 heterocycles. The van der Waals surface area contributed by atoms with Crippen molar-refractivity contribution in [1.82, 2.24) is 14.7 Å². The first-order valence-corrected chi connectivity index (χ1v) is 7.33. The highest BCUT2D eigenvalue weighted by molar-refractivity contribution is 5.54. The van der Waals surface area contributed by atoms with Gasteiger partial charge in [-0.1, -0.05) is 6.42 Å². The van der Waals surface area contributed by atoms with E-state index < -0.39 is 0 Å². The molecule has 0 aliphatic carbocycles. The summed E-state index contributed by atoms with van der Waals surface area (Å²) < 4.78 is 2.19. The van der Waals surface area contributed by atoms with Crippen LogP contribution in [0, 0.1) is 20.8 Å². The summed E-state index contributed by atoms with van der Waals surface area (Å²) in [5.41, 5.74) is 6.34. The molecule has 1 fully saturated rings. The van der Waals surface area contributed by atoms with Crippen molar-refractivity contribution in [2.24, 2.45) is 0 Å². The number of imidazole rings is 1. The van der Waals surface area contributed by atoms with Crippen molar-refractivity contribution in [3.63, 3.8) is 0 Å². The lowest BCUT2D eigenvalue weighted by molar-refractivity contribution is 0.397. The van der Waals surface area contributed by atoms with Crippen LogP contribution in [-0.2, 0) is 6.42 Å². The van der Waals surface area contributed by atoms with Crippen molar-refractivity contribution in [3.8, 4) is 0 Å². The first-order valence-electron chi connectivity index (χ1n) is 7.33. The van der Waals surface area contributed by atoms with Gasteiger partial charge in [0.25, 0.3) is 0 Å². The predicted molar refractivity (Wildman–Crippen MR) is 78.7 cm³/mol. The minimum Gasteiger partial charge on any atom is -0.314 e. The maximum atomic E-state index is 4.83. The second kappa shape index (κ2) is 4.97. The van der Waals surface area contributed by atoms with Crippen LogP contribution in [0.25, 0.3) is 5.65 Å². The van der Waals surface area contributed by atoms with Crippen molar-refractivity contribution in [3.05, 3.63) is 34.8 Å². The first kappa shape index (κ1) is 12.7. The molecular weight excluding hydrogens is 234 g/mol. The summed E-state index contributed by atoms with van der Waals surface area (Å²) in [5, 5.41) is 3.60. The number of pyridine rings is 1. The van der Waals surface area contributed by atoms with E-state index in [4.69, 9.17) is 4.98 Å². The molecule has 2 aromatic heterocycles. The summed E-state index contributed by atoms with van der Waals surface area (Å²) in [6, 6.07) is 0.612. The Balaban J connectivity index is 1.91. The number of fused-ring (bicyclic) bond motifs is 1. The average Bonchev–Trinajstić information content (AvgIpc) is 2.80. The fourth-order valence-corrected chi connectivity index (χ4v) is 3.04. The molecule has 3 heteroatoms. The second-order valence-electron chi connectivity index (χ2n) is 5.88. The van der Waals surface area contributed by atoms with Gasteiger partial charge in [-0.15, -0.1) is 0 Å². The van der Waals surface area contributed by atoms with Crippen molar-refractivity contribution < 1.29 is 0 Å². The molecule has 19 heavy (non-hydrogen) atoms. The molecule has 1 saturated heterocycles. The lowest BCUT2D eigenvalue weighted by Gasteiger charge is -2.22. The molecule has 0 unspecified atom stereocenters. The number of hydrogen-bond donors (Lipinski definition) is 1. The Labute approximate surface area is 115 Å². The van der Waals surface area contributed by atoms with Crippen molar-refractivity contribution in [1.29, 1.82) is 0 Å². The third-order valence-corrected chi connectivity index (χ3v) is 4.47. The van der Waals surface area contributed by atoms with Crippen LogP contribution < -0.4 is 5.32 Å². The molecule has 2 aromatic rings. The van der Waals surface area contributed by atoms with Crippen LogP contribution in [0.1, 0.15) is 41.6 Å². The Bertz CT molecular complexity index is 592. The Morgan fingerprint density at radius 3 is 2.79 bits per heavy atom. The molecule has 0 saturated carbocycles. The van der Waals surface area contributed by atoms with Gasteiger partial charge in [0, 0.05) is 24.9 Å². The Morgan fingerprint density at radius 1 is 1.21 bits per heavy atom. The fraction of sp³-hybridized carbons (Fsp3) is 0.562. The van der Waals surface area contributed by atoms with Gasteiger partial charge >= 0.3 is 0 Å². The van der Waals surface area contributed by atoms with Gasteiger partial charge in [0.05, 0.1) is 5.69 Å². The zero-order valence-corrected chi connectivity index (χ0v) is 12.2. The van der Waals surface area contributed by atoms with Gasteiger partial charge in [-0.2, -0.15) is 0 Å². The van der Waals surface area contributed by atoms with Gasteiger partial charge in [0.15, 0.2) is 0 Å². The molecule has 0 bridgehead atoms. The summed E-state index contributed by atoms with van der Waals surface area (Å²) >= 11 is 0. The molecule has 1 atom stereocenters. The van der Waals surface area contributed by atoms with E-state index in [1.807, 2.05) is 0 Å². The highest BCUT2D eigenvalue weighted by Crippen LogP contribution is 2.19. The largest absolute Gasteiger partial charge is 0.314 e. The molecule has 0 radical (unpaired) electrons. The molecule has 3 nitrogen and oxygen atoms in total. The minimum atomic E-state index is 0.612. The average molecular weight is 257 g/mol. The summed E-state index contributed by atoms with van der Waals surface area (Å²) in [6.07, 6.45) is 9.40. The van der Waals surface area contributed by atoms with E-state index in [0.29, 0.717) is 6.04 Å². The standard InChI is InChI=1S/C16H23N3/c1-11-9-19-10-15(8-14-6-4-5-7-17-14)18-16(19)13(3)12(11)2/h9-10,14,17H,4-8H2,1-3H3/t14-/m0/s1. The SMILES string of the molecule is Cc1cn2cc(C[C@@H]3CCCCN3)nc2c(C)c1C. The normalized spacial score (nSPS) is 20.1. The van der Waals surface area contributed by atoms with Crippen LogP contribution in [0.4, 0.5) is 0 Å². The lowest BCUT2D eigenvalue weighted by Crippen LogP contribution is -2.35. The molecule has 0 amide bonds. The highest BCUT2D eigenvalue weighted by atomic mass is 15.0. The zero-order valence-electron chi connectivity index (χ0n) is 12.2. The number of hydrogen-bond acceptors (Lipinski definition) is 2. The predicted octanol–water partition coefficient (Wildman–Crippen LogP) is 2.94. The van der Waals surface area contributed by atoms with Gasteiger partial charge in [-0.3, -0.25) is 0 Å². The first-order chi connectivity index (χ1) is 9.15. The number of nitrogens with one attached hydrogen (secondary N) is 1. The van der Waals surface area contributed by atoms with Gasteiger partial charge < -0.3 is 9.72 Å². The molecule has 3 rings (SSSR count). The van der Waals surface area contributed by atoms with Gasteiger partial charge in [0.2, 0.25) is 0 Å². The van der Waals surface area contributed by atoms with Crippen LogP contribution in [0.15, 0.2) is 12.4 Å².